The first-order valence-electron chi connectivity index (χ1n) is 14.9. The number of hydrogen-bond donors (Lipinski definition) is 1. The van der Waals surface area contributed by atoms with Gasteiger partial charge in [-0.05, 0) is 86.4 Å². The second-order valence-corrected chi connectivity index (χ2v) is 12.5. The summed E-state index contributed by atoms with van der Waals surface area (Å²) >= 11 is 0. The SMILES string of the molecule is C[C@@H]1Cc2cc(OCc3ccccc3)ccc2C(c2c(F)cc(OC3CC4(CCNCC4)C3)cc2F)N1CC(C)(F)F. The van der Waals surface area contributed by atoms with Gasteiger partial charge in [-0.1, -0.05) is 36.4 Å². The number of nitrogens with one attached hydrogen (secondary N) is 1. The van der Waals surface area contributed by atoms with Gasteiger partial charge < -0.3 is 14.8 Å². The molecule has 8 heteroatoms. The molecule has 3 aromatic carbocycles. The van der Waals surface area contributed by atoms with Gasteiger partial charge >= 0.3 is 0 Å². The average Bonchev–Trinajstić information content (AvgIpc) is 2.92. The standard InChI is InChI=1S/C34H38F4N2O2/c1-22-14-24-15-25(41-20-23-6-4-3-5-7-23)8-9-28(24)32(40(22)21-33(2,37)38)31-29(35)16-26(17-30(31)36)42-27-18-34(19-27)10-12-39-13-11-34/h3-9,15-17,22,27,32,39H,10-14,18-21H2,1-2H3/t22-,32?/m1/s1. The lowest BCUT2D eigenvalue weighted by Crippen LogP contribution is -2.49. The zero-order valence-corrected chi connectivity index (χ0v) is 24.1. The number of ether oxygens (including phenoxy) is 2. The van der Waals surface area contributed by atoms with E-state index in [2.05, 4.69) is 5.32 Å². The van der Waals surface area contributed by atoms with Crippen LogP contribution in [0.4, 0.5) is 17.6 Å². The second-order valence-electron chi connectivity index (χ2n) is 12.5. The predicted octanol–water partition coefficient (Wildman–Crippen LogP) is 7.45. The Morgan fingerprint density at radius 1 is 0.952 bits per heavy atom. The van der Waals surface area contributed by atoms with Crippen LogP contribution < -0.4 is 14.8 Å². The summed E-state index contributed by atoms with van der Waals surface area (Å²) in [5.41, 5.74) is 2.47. The number of rotatable bonds is 8. The van der Waals surface area contributed by atoms with Crippen LogP contribution >= 0.6 is 0 Å². The molecule has 1 N–H and O–H groups in total. The van der Waals surface area contributed by atoms with Crippen LogP contribution in [0, 0.1) is 17.0 Å². The second kappa shape index (κ2) is 11.5. The molecule has 0 radical (unpaired) electrons. The van der Waals surface area contributed by atoms with E-state index in [1.165, 1.54) is 17.0 Å². The Labute approximate surface area is 245 Å². The molecule has 1 aliphatic carbocycles. The maximum absolute atomic E-state index is 15.9. The molecule has 2 aliphatic heterocycles. The molecule has 2 atom stereocenters. The summed E-state index contributed by atoms with van der Waals surface area (Å²) in [4.78, 5) is 1.52. The molecule has 0 bridgehead atoms. The minimum absolute atomic E-state index is 0.0761. The third-order valence-electron chi connectivity index (χ3n) is 9.15. The topological polar surface area (TPSA) is 33.7 Å². The molecule has 1 saturated carbocycles. The zero-order valence-electron chi connectivity index (χ0n) is 24.1. The van der Waals surface area contributed by atoms with Crippen molar-refractivity contribution < 1.29 is 27.0 Å². The summed E-state index contributed by atoms with van der Waals surface area (Å²) in [6.45, 7) is 4.38. The predicted molar refractivity (Wildman–Crippen MR) is 154 cm³/mol. The number of benzene rings is 3. The Bertz CT molecular complexity index is 1370. The van der Waals surface area contributed by atoms with Crippen LogP contribution in [-0.2, 0) is 13.0 Å². The van der Waals surface area contributed by atoms with Crippen molar-refractivity contribution in [1.29, 1.82) is 0 Å². The molecule has 6 rings (SSSR count). The summed E-state index contributed by atoms with van der Waals surface area (Å²) < 4.78 is 72.5. The molecular weight excluding hydrogens is 544 g/mol. The van der Waals surface area contributed by atoms with Gasteiger partial charge in [0.25, 0.3) is 5.92 Å². The fourth-order valence-corrected chi connectivity index (χ4v) is 7.05. The van der Waals surface area contributed by atoms with Crippen molar-refractivity contribution >= 4 is 0 Å². The molecular formula is C34H38F4N2O2. The number of fused-ring (bicyclic) bond motifs is 1. The molecule has 1 saturated heterocycles. The number of piperidine rings is 1. The van der Waals surface area contributed by atoms with Crippen LogP contribution in [0.1, 0.15) is 67.8 Å². The summed E-state index contributed by atoms with van der Waals surface area (Å²) in [5, 5.41) is 3.37. The Hall–Kier alpha value is -3.10. The summed E-state index contributed by atoms with van der Waals surface area (Å²) in [6.07, 6.45) is 4.30. The summed E-state index contributed by atoms with van der Waals surface area (Å²) in [7, 11) is 0. The molecule has 3 aromatic rings. The molecule has 42 heavy (non-hydrogen) atoms. The molecule has 1 spiro atoms. The number of halogens is 4. The molecule has 0 amide bonds. The minimum atomic E-state index is -3.05. The van der Waals surface area contributed by atoms with Crippen LogP contribution in [0.3, 0.4) is 0 Å². The number of alkyl halides is 2. The lowest BCUT2D eigenvalue weighted by molar-refractivity contribution is -0.0379. The lowest BCUT2D eigenvalue weighted by Gasteiger charge is -2.49. The summed E-state index contributed by atoms with van der Waals surface area (Å²) in [5.74, 6) is -3.87. The first kappa shape index (κ1) is 29.0. The van der Waals surface area contributed by atoms with Crippen molar-refractivity contribution in [2.45, 2.75) is 76.7 Å². The minimum Gasteiger partial charge on any atom is -0.490 e. The number of hydrogen-bond acceptors (Lipinski definition) is 4. The van der Waals surface area contributed by atoms with Gasteiger partial charge in [-0.3, -0.25) is 4.90 Å². The molecule has 2 heterocycles. The largest absolute Gasteiger partial charge is 0.490 e. The van der Waals surface area contributed by atoms with Gasteiger partial charge in [0.15, 0.2) is 0 Å². The van der Waals surface area contributed by atoms with Crippen LogP contribution in [0.2, 0.25) is 0 Å². The Balaban J connectivity index is 1.27. The van der Waals surface area contributed by atoms with Gasteiger partial charge in [0.05, 0.1) is 18.7 Å². The normalized spacial score (nSPS) is 22.4. The van der Waals surface area contributed by atoms with E-state index in [0.717, 1.165) is 56.8 Å². The smallest absolute Gasteiger partial charge is 0.257 e. The van der Waals surface area contributed by atoms with Crippen LogP contribution in [0.25, 0.3) is 0 Å². The highest BCUT2D eigenvalue weighted by Gasteiger charge is 2.46. The van der Waals surface area contributed by atoms with Crippen molar-refractivity contribution in [3.63, 3.8) is 0 Å². The fraction of sp³-hybridized carbons (Fsp3) is 0.471. The highest BCUT2D eigenvalue weighted by atomic mass is 19.3. The van der Waals surface area contributed by atoms with Crippen molar-refractivity contribution in [1.82, 2.24) is 10.2 Å². The quantitative estimate of drug-likeness (QED) is 0.280. The average molecular weight is 583 g/mol. The molecule has 0 aromatic heterocycles. The first-order valence-corrected chi connectivity index (χ1v) is 14.9. The van der Waals surface area contributed by atoms with E-state index in [1.807, 2.05) is 43.3 Å². The molecule has 2 fully saturated rings. The Morgan fingerprint density at radius 2 is 1.64 bits per heavy atom. The van der Waals surface area contributed by atoms with Gasteiger partial charge in [0.2, 0.25) is 0 Å². The maximum atomic E-state index is 15.9. The highest BCUT2D eigenvalue weighted by molar-refractivity contribution is 5.46. The fourth-order valence-electron chi connectivity index (χ4n) is 7.05. The van der Waals surface area contributed by atoms with E-state index in [0.29, 0.717) is 24.3 Å². The van der Waals surface area contributed by atoms with Gasteiger partial charge in [-0.25, -0.2) is 17.6 Å². The first-order chi connectivity index (χ1) is 20.1. The van der Waals surface area contributed by atoms with E-state index in [9.17, 15) is 8.78 Å². The van der Waals surface area contributed by atoms with Crippen molar-refractivity contribution in [3.05, 3.63) is 94.6 Å². The van der Waals surface area contributed by atoms with Crippen LogP contribution in [0.15, 0.2) is 60.7 Å². The van der Waals surface area contributed by atoms with Gasteiger partial charge in [-0.15, -0.1) is 0 Å². The molecule has 3 aliphatic rings. The lowest BCUT2D eigenvalue weighted by atomic mass is 9.62. The Kier molecular flexibility index (Phi) is 7.96. The molecule has 4 nitrogen and oxygen atoms in total. The monoisotopic (exact) mass is 582 g/mol. The van der Waals surface area contributed by atoms with E-state index >= 15 is 8.78 Å². The highest BCUT2D eigenvalue weighted by Crippen LogP contribution is 2.50. The maximum Gasteiger partial charge on any atom is 0.257 e. The van der Waals surface area contributed by atoms with Gasteiger partial charge in [-0.2, -0.15) is 0 Å². The van der Waals surface area contributed by atoms with E-state index in [1.54, 1.807) is 12.1 Å². The van der Waals surface area contributed by atoms with Gasteiger partial charge in [0.1, 0.15) is 29.7 Å². The third kappa shape index (κ3) is 6.16. The van der Waals surface area contributed by atoms with E-state index in [4.69, 9.17) is 9.47 Å². The van der Waals surface area contributed by atoms with E-state index in [-0.39, 0.29) is 28.9 Å². The number of nitrogens with zero attached hydrogens (tertiary/aromatic N) is 1. The van der Waals surface area contributed by atoms with E-state index < -0.39 is 30.1 Å². The van der Waals surface area contributed by atoms with Crippen LogP contribution in [0.5, 0.6) is 11.5 Å². The van der Waals surface area contributed by atoms with Crippen molar-refractivity contribution in [2.24, 2.45) is 5.41 Å². The van der Waals surface area contributed by atoms with Crippen molar-refractivity contribution in [3.8, 4) is 11.5 Å². The third-order valence-corrected chi connectivity index (χ3v) is 9.15. The zero-order chi connectivity index (χ0) is 29.5. The Morgan fingerprint density at radius 3 is 2.31 bits per heavy atom. The molecule has 224 valence electrons. The van der Waals surface area contributed by atoms with Crippen LogP contribution in [-0.4, -0.2) is 42.6 Å². The van der Waals surface area contributed by atoms with Crippen molar-refractivity contribution in [2.75, 3.05) is 19.6 Å². The van der Waals surface area contributed by atoms with Gasteiger partial charge in [0, 0.05) is 30.7 Å². The molecule has 1 unspecified atom stereocenters. The summed E-state index contributed by atoms with van der Waals surface area (Å²) in [6, 6.07) is 16.1.